The van der Waals surface area contributed by atoms with Crippen LogP contribution in [0.1, 0.15) is 5.56 Å². The molecule has 0 spiro atoms. The van der Waals surface area contributed by atoms with Crippen molar-refractivity contribution in [2.24, 2.45) is 0 Å². The van der Waals surface area contributed by atoms with Gasteiger partial charge < -0.3 is 0 Å². The molecule has 3 nitrogen and oxygen atoms in total. The Bertz CT molecular complexity index is 472. The molecule has 0 aliphatic rings. The molecule has 7 heteroatoms. The van der Waals surface area contributed by atoms with E-state index in [1.165, 1.54) is 9.04 Å². The van der Waals surface area contributed by atoms with Crippen LogP contribution >= 0.6 is 19.4 Å². The molecule has 92 valence electrons. The van der Waals surface area contributed by atoms with Gasteiger partial charge in [-0.25, -0.2) is 0 Å². The zero-order valence-electron chi connectivity index (χ0n) is 8.45. The first-order valence-electron chi connectivity index (χ1n) is 4.23. The fourth-order valence-corrected chi connectivity index (χ4v) is 5.02. The van der Waals surface area contributed by atoms with E-state index in [1.807, 2.05) is 30.3 Å². The van der Waals surface area contributed by atoms with E-state index in [-0.39, 0.29) is 6.54 Å². The number of halogens is 2. The van der Waals surface area contributed by atoms with Crippen molar-refractivity contribution in [2.75, 3.05) is 6.26 Å². The van der Waals surface area contributed by atoms with Crippen LogP contribution in [-0.2, 0) is 30.1 Å². The van der Waals surface area contributed by atoms with Crippen LogP contribution in [0, 0.1) is 0 Å². The summed E-state index contributed by atoms with van der Waals surface area (Å²) in [5, 5.41) is 0. The number of sulfonamides is 1. The van der Waals surface area contributed by atoms with Gasteiger partial charge in [-0.2, -0.15) is 0 Å². The minimum atomic E-state index is -3.31. The van der Waals surface area contributed by atoms with Gasteiger partial charge in [0.1, 0.15) is 0 Å². The summed E-state index contributed by atoms with van der Waals surface area (Å²) in [7, 11) is 8.07. The summed E-state index contributed by atoms with van der Waals surface area (Å²) in [6.07, 6.45) is 1.14. The average Bonchev–Trinajstić information content (AvgIpc) is 2.16. The molecule has 0 atom stereocenters. The van der Waals surface area contributed by atoms with Crippen molar-refractivity contribution in [3.63, 3.8) is 0 Å². The number of nitrogens with zero attached hydrogens (tertiary/aromatic N) is 1. The molecular weight excluding hydrogens is 358 g/mol. The van der Waals surface area contributed by atoms with Crippen LogP contribution in [0.25, 0.3) is 0 Å². The molecule has 0 bridgehead atoms. The SMILES string of the molecule is CS(=O)(=O)N([CH]=[Ru]([Cl])[Cl])Cc1ccccc1. The molecule has 1 rings (SSSR count). The van der Waals surface area contributed by atoms with Crippen molar-refractivity contribution in [3.05, 3.63) is 35.9 Å². The molecule has 0 aliphatic heterocycles. The molecule has 0 heterocycles. The molecule has 0 saturated heterocycles. The number of rotatable bonds is 4. The molecule has 16 heavy (non-hydrogen) atoms. The summed E-state index contributed by atoms with van der Waals surface area (Å²) in [5.41, 5.74) is 0.896. The Kier molecular flexibility index (Phi) is 5.55. The molecule has 0 aromatic heterocycles. The first-order valence-corrected chi connectivity index (χ1v) is 11.6. The first kappa shape index (κ1) is 14.3. The molecule has 0 fully saturated rings. The molecule has 0 amide bonds. The fraction of sp³-hybridized carbons (Fsp3) is 0.222. The van der Waals surface area contributed by atoms with Crippen LogP contribution < -0.4 is 0 Å². The van der Waals surface area contributed by atoms with E-state index in [0.717, 1.165) is 11.8 Å². The van der Waals surface area contributed by atoms with Gasteiger partial charge in [0.05, 0.1) is 0 Å². The third kappa shape index (κ3) is 5.02. The van der Waals surface area contributed by atoms with Crippen LogP contribution in [-0.4, -0.2) is 23.7 Å². The van der Waals surface area contributed by atoms with Gasteiger partial charge in [-0.15, -0.1) is 0 Å². The van der Waals surface area contributed by atoms with E-state index >= 15 is 0 Å². The molecular formula is C9H11Cl2NO2RuS. The standard InChI is InChI=1S/C9H11NO2S.2ClH.Ru/c1-10(13(2,11)12)8-9-6-4-3-5-7-9;;;/h1,3-7H,8H2,2H3;2*1H;/q;;;+2/p-2. The first-order chi connectivity index (χ1) is 7.39. The molecule has 1 aromatic rings. The van der Waals surface area contributed by atoms with Crippen molar-refractivity contribution in [1.29, 1.82) is 0 Å². The second kappa shape index (κ2) is 6.22. The second-order valence-electron chi connectivity index (χ2n) is 3.09. The Hall–Kier alpha value is 0.203. The molecule has 0 saturated carbocycles. The fourth-order valence-electron chi connectivity index (χ4n) is 1.06. The average molecular weight is 369 g/mol. The van der Waals surface area contributed by atoms with E-state index in [4.69, 9.17) is 19.4 Å². The van der Waals surface area contributed by atoms with Crippen molar-refractivity contribution in [1.82, 2.24) is 4.31 Å². The van der Waals surface area contributed by atoms with Crippen LogP contribution in [0.15, 0.2) is 30.3 Å². The van der Waals surface area contributed by atoms with E-state index in [9.17, 15) is 8.42 Å². The normalized spacial score (nSPS) is 12.6. The quantitative estimate of drug-likeness (QED) is 0.763. The van der Waals surface area contributed by atoms with Crippen LogP contribution in [0.3, 0.4) is 0 Å². The molecule has 1 aromatic carbocycles. The Morgan fingerprint density at radius 2 is 1.88 bits per heavy atom. The minimum absolute atomic E-state index is 0.268. The summed E-state index contributed by atoms with van der Waals surface area (Å²) in [6, 6.07) is 9.29. The van der Waals surface area contributed by atoms with Gasteiger partial charge in [0.25, 0.3) is 0 Å². The summed E-state index contributed by atoms with van der Waals surface area (Å²) in [4.78, 5) is 0. The Morgan fingerprint density at radius 1 is 1.31 bits per heavy atom. The molecule has 0 N–H and O–H groups in total. The maximum atomic E-state index is 11.5. The zero-order chi connectivity index (χ0) is 12.2. The predicted octanol–water partition coefficient (Wildman–Crippen LogP) is 2.13. The van der Waals surface area contributed by atoms with Crippen molar-refractivity contribution >= 4 is 34.1 Å². The van der Waals surface area contributed by atoms with E-state index in [0.29, 0.717) is 0 Å². The van der Waals surface area contributed by atoms with Gasteiger partial charge >= 0.3 is 109 Å². The van der Waals surface area contributed by atoms with Crippen molar-refractivity contribution in [3.8, 4) is 0 Å². The van der Waals surface area contributed by atoms with Crippen molar-refractivity contribution < 1.29 is 21.9 Å². The Morgan fingerprint density at radius 3 is 2.31 bits per heavy atom. The van der Waals surface area contributed by atoms with Gasteiger partial charge in [-0.3, -0.25) is 0 Å². The van der Waals surface area contributed by atoms with E-state index in [2.05, 4.69) is 0 Å². The van der Waals surface area contributed by atoms with Gasteiger partial charge in [0.15, 0.2) is 0 Å². The summed E-state index contributed by atoms with van der Waals surface area (Å²) >= 11 is -2.14. The molecule has 0 radical (unpaired) electrons. The third-order valence-electron chi connectivity index (χ3n) is 1.78. The maximum absolute atomic E-state index is 11.5. The Balaban J connectivity index is 2.93. The van der Waals surface area contributed by atoms with Crippen molar-refractivity contribution in [2.45, 2.75) is 6.54 Å². The Labute approximate surface area is 109 Å². The predicted molar refractivity (Wildman–Crippen MR) is 64.6 cm³/mol. The summed E-state index contributed by atoms with van der Waals surface area (Å²) < 4.78 is 25.6. The zero-order valence-corrected chi connectivity index (χ0v) is 12.5. The third-order valence-corrected chi connectivity index (χ3v) is 4.86. The second-order valence-corrected chi connectivity index (χ2v) is 10.7. The van der Waals surface area contributed by atoms with Gasteiger partial charge in [-0.05, 0) is 0 Å². The topological polar surface area (TPSA) is 37.4 Å². The number of hydrogen-bond donors (Lipinski definition) is 0. The number of hydrogen-bond acceptors (Lipinski definition) is 2. The van der Waals surface area contributed by atoms with Crippen LogP contribution in [0.4, 0.5) is 0 Å². The van der Waals surface area contributed by atoms with Gasteiger partial charge in [0.2, 0.25) is 0 Å². The molecule has 0 aliphatic carbocycles. The summed E-state index contributed by atoms with van der Waals surface area (Å²) in [6.45, 7) is 0.268. The van der Waals surface area contributed by atoms with Gasteiger partial charge in [0, 0.05) is 0 Å². The van der Waals surface area contributed by atoms with Gasteiger partial charge in [-0.1, -0.05) is 0 Å². The molecule has 0 unspecified atom stereocenters. The van der Waals surface area contributed by atoms with Crippen LogP contribution in [0.2, 0.25) is 0 Å². The number of benzene rings is 1. The van der Waals surface area contributed by atoms with Crippen LogP contribution in [0.5, 0.6) is 0 Å². The summed E-state index contributed by atoms with van der Waals surface area (Å²) in [5.74, 6) is 0. The van der Waals surface area contributed by atoms with E-state index in [1.54, 1.807) is 0 Å². The van der Waals surface area contributed by atoms with E-state index < -0.39 is 23.5 Å². The monoisotopic (exact) mass is 369 g/mol.